The largest absolute Gasteiger partial charge is 0.482 e. The third kappa shape index (κ3) is 5.00. The quantitative estimate of drug-likeness (QED) is 0.846. The van der Waals surface area contributed by atoms with E-state index in [1.807, 2.05) is 32.0 Å². The Morgan fingerprint density at radius 2 is 1.65 bits per heavy atom. The number of aryl methyl sites for hydroxylation is 2. The monoisotopic (exact) mass is 332 g/mol. The van der Waals surface area contributed by atoms with Gasteiger partial charge < -0.3 is 4.74 Å². The number of hydrogen-bond donors (Lipinski definition) is 2. The fourth-order valence-electron chi connectivity index (χ4n) is 1.80. The summed E-state index contributed by atoms with van der Waals surface area (Å²) < 4.78 is 5.34. The van der Waals surface area contributed by atoms with Gasteiger partial charge in [0.05, 0.1) is 5.02 Å². The summed E-state index contributed by atoms with van der Waals surface area (Å²) in [4.78, 5) is 23.6. The first kappa shape index (κ1) is 16.8. The molecular formula is C17H17ClN2O3. The molecule has 23 heavy (non-hydrogen) atoms. The topological polar surface area (TPSA) is 67.4 Å². The highest BCUT2D eigenvalue weighted by molar-refractivity contribution is 6.32. The molecule has 0 aromatic heterocycles. The summed E-state index contributed by atoms with van der Waals surface area (Å²) in [7, 11) is 0. The molecule has 2 aromatic rings. The van der Waals surface area contributed by atoms with Crippen LogP contribution in [0.4, 0.5) is 0 Å². The maximum absolute atomic E-state index is 11.8. The Bertz CT molecular complexity index is 714. The van der Waals surface area contributed by atoms with Crippen LogP contribution in [-0.4, -0.2) is 18.4 Å². The van der Waals surface area contributed by atoms with Gasteiger partial charge in [0, 0.05) is 5.56 Å². The minimum absolute atomic E-state index is 0.253. The molecule has 0 bridgehead atoms. The van der Waals surface area contributed by atoms with E-state index in [1.165, 1.54) is 0 Å². The van der Waals surface area contributed by atoms with Gasteiger partial charge in [0.25, 0.3) is 11.8 Å². The molecule has 2 amide bonds. The number of ether oxygens (including phenoxy) is 1. The van der Waals surface area contributed by atoms with Gasteiger partial charge in [-0.3, -0.25) is 20.4 Å². The Hall–Kier alpha value is -2.53. The summed E-state index contributed by atoms with van der Waals surface area (Å²) in [5.41, 5.74) is 7.10. The number of carbonyl (C=O) groups excluding carboxylic acids is 2. The zero-order valence-electron chi connectivity index (χ0n) is 12.9. The van der Waals surface area contributed by atoms with Crippen LogP contribution in [0.5, 0.6) is 5.75 Å². The second-order valence-electron chi connectivity index (χ2n) is 5.09. The van der Waals surface area contributed by atoms with Gasteiger partial charge in [0.15, 0.2) is 6.61 Å². The van der Waals surface area contributed by atoms with Gasteiger partial charge in [-0.05, 0) is 43.7 Å². The zero-order valence-corrected chi connectivity index (χ0v) is 13.6. The van der Waals surface area contributed by atoms with Gasteiger partial charge in [0.1, 0.15) is 5.75 Å². The van der Waals surface area contributed by atoms with Crippen molar-refractivity contribution in [3.63, 3.8) is 0 Å². The zero-order chi connectivity index (χ0) is 16.8. The molecule has 0 fully saturated rings. The van der Waals surface area contributed by atoms with E-state index in [4.69, 9.17) is 16.3 Å². The number of rotatable bonds is 4. The third-order valence-corrected chi connectivity index (χ3v) is 3.39. The highest BCUT2D eigenvalue weighted by Crippen LogP contribution is 2.24. The maximum atomic E-state index is 11.8. The van der Waals surface area contributed by atoms with E-state index in [9.17, 15) is 9.59 Å². The first-order valence-corrected chi connectivity index (χ1v) is 7.38. The van der Waals surface area contributed by atoms with Crippen LogP contribution < -0.4 is 15.6 Å². The molecule has 0 saturated heterocycles. The smallest absolute Gasteiger partial charge is 0.276 e. The van der Waals surface area contributed by atoms with Crippen LogP contribution in [0.25, 0.3) is 0 Å². The minimum atomic E-state index is -0.483. The first-order valence-electron chi connectivity index (χ1n) is 7.00. The standard InChI is InChI=1S/C17H17ClN2O3/c1-11-3-6-13(7-4-11)17(22)20-19-16(21)10-23-15-9-12(2)5-8-14(15)18/h3-9H,10H2,1-2H3,(H,19,21)(H,20,22). The van der Waals surface area contributed by atoms with E-state index in [1.54, 1.807) is 24.3 Å². The Labute approximate surface area is 139 Å². The SMILES string of the molecule is Cc1ccc(C(=O)NNC(=O)COc2cc(C)ccc2Cl)cc1. The van der Waals surface area contributed by atoms with Crippen LogP contribution in [0.3, 0.4) is 0 Å². The highest BCUT2D eigenvalue weighted by atomic mass is 35.5. The molecule has 2 rings (SSSR count). The molecule has 0 atom stereocenters. The Morgan fingerprint density at radius 1 is 1.00 bits per heavy atom. The van der Waals surface area contributed by atoms with E-state index in [0.29, 0.717) is 16.3 Å². The summed E-state index contributed by atoms with van der Waals surface area (Å²) in [5, 5.41) is 0.423. The normalized spacial score (nSPS) is 10.0. The molecule has 0 aliphatic heterocycles. The predicted molar refractivity (Wildman–Crippen MR) is 88.5 cm³/mol. The molecule has 0 unspecified atom stereocenters. The van der Waals surface area contributed by atoms with Gasteiger partial charge in [-0.2, -0.15) is 0 Å². The molecule has 0 aliphatic carbocycles. The lowest BCUT2D eigenvalue weighted by atomic mass is 10.1. The fraction of sp³-hybridized carbons (Fsp3) is 0.176. The van der Waals surface area contributed by atoms with Crippen LogP contribution in [0, 0.1) is 13.8 Å². The van der Waals surface area contributed by atoms with Crippen molar-refractivity contribution in [1.29, 1.82) is 0 Å². The van der Waals surface area contributed by atoms with E-state index >= 15 is 0 Å². The molecule has 2 N–H and O–H groups in total. The van der Waals surface area contributed by atoms with Crippen LogP contribution >= 0.6 is 11.6 Å². The lowest BCUT2D eigenvalue weighted by Crippen LogP contribution is -2.43. The average Bonchev–Trinajstić information content (AvgIpc) is 2.54. The average molecular weight is 333 g/mol. The third-order valence-electron chi connectivity index (χ3n) is 3.07. The fourth-order valence-corrected chi connectivity index (χ4v) is 1.98. The number of carbonyl (C=O) groups is 2. The number of hydrogen-bond acceptors (Lipinski definition) is 3. The van der Waals surface area contributed by atoms with Crippen molar-refractivity contribution in [3.05, 3.63) is 64.2 Å². The van der Waals surface area contributed by atoms with Crippen molar-refractivity contribution in [2.45, 2.75) is 13.8 Å². The second kappa shape index (κ2) is 7.65. The summed E-state index contributed by atoms with van der Waals surface area (Å²) in [6, 6.07) is 12.3. The molecule has 0 heterocycles. The van der Waals surface area contributed by atoms with Crippen molar-refractivity contribution in [2.24, 2.45) is 0 Å². The molecule has 0 aliphatic rings. The van der Waals surface area contributed by atoms with Crippen LogP contribution in [0.1, 0.15) is 21.5 Å². The Morgan fingerprint density at radius 3 is 2.35 bits per heavy atom. The van der Waals surface area contributed by atoms with Crippen LogP contribution in [-0.2, 0) is 4.79 Å². The molecule has 0 spiro atoms. The van der Waals surface area contributed by atoms with Crippen LogP contribution in [0.2, 0.25) is 5.02 Å². The number of halogens is 1. The van der Waals surface area contributed by atoms with Gasteiger partial charge in [-0.15, -0.1) is 0 Å². The van der Waals surface area contributed by atoms with Gasteiger partial charge in [-0.25, -0.2) is 0 Å². The molecule has 6 heteroatoms. The molecule has 0 radical (unpaired) electrons. The Kier molecular flexibility index (Phi) is 5.60. The lowest BCUT2D eigenvalue weighted by molar-refractivity contribution is -0.123. The van der Waals surface area contributed by atoms with Crippen molar-refractivity contribution in [1.82, 2.24) is 10.9 Å². The number of benzene rings is 2. The number of amides is 2. The van der Waals surface area contributed by atoms with Crippen molar-refractivity contribution in [3.8, 4) is 5.75 Å². The van der Waals surface area contributed by atoms with E-state index in [0.717, 1.165) is 11.1 Å². The second-order valence-corrected chi connectivity index (χ2v) is 5.50. The molecular weight excluding hydrogens is 316 g/mol. The predicted octanol–water partition coefficient (Wildman–Crippen LogP) is 2.80. The van der Waals surface area contributed by atoms with Gasteiger partial charge in [0.2, 0.25) is 0 Å². The minimum Gasteiger partial charge on any atom is -0.482 e. The molecule has 0 saturated carbocycles. The highest BCUT2D eigenvalue weighted by Gasteiger charge is 2.09. The summed E-state index contributed by atoms with van der Waals surface area (Å²) in [6.45, 7) is 3.57. The Balaban J connectivity index is 1.82. The molecule has 2 aromatic carbocycles. The van der Waals surface area contributed by atoms with E-state index in [2.05, 4.69) is 10.9 Å². The van der Waals surface area contributed by atoms with E-state index in [-0.39, 0.29) is 6.61 Å². The lowest BCUT2D eigenvalue weighted by Gasteiger charge is -2.10. The number of nitrogens with one attached hydrogen (secondary N) is 2. The summed E-state index contributed by atoms with van der Waals surface area (Å²) in [6.07, 6.45) is 0. The van der Waals surface area contributed by atoms with Crippen molar-refractivity contribution in [2.75, 3.05) is 6.61 Å². The summed E-state index contributed by atoms with van der Waals surface area (Å²) in [5.74, 6) is -0.457. The van der Waals surface area contributed by atoms with Crippen molar-refractivity contribution < 1.29 is 14.3 Å². The molecule has 120 valence electrons. The molecule has 5 nitrogen and oxygen atoms in total. The summed E-state index contributed by atoms with van der Waals surface area (Å²) >= 11 is 5.97. The van der Waals surface area contributed by atoms with Crippen LogP contribution in [0.15, 0.2) is 42.5 Å². The van der Waals surface area contributed by atoms with Gasteiger partial charge in [-0.1, -0.05) is 35.4 Å². The number of hydrazine groups is 1. The van der Waals surface area contributed by atoms with E-state index < -0.39 is 11.8 Å². The van der Waals surface area contributed by atoms with Gasteiger partial charge >= 0.3 is 0 Å². The maximum Gasteiger partial charge on any atom is 0.276 e. The first-order chi connectivity index (χ1) is 11.0. The van der Waals surface area contributed by atoms with Crippen molar-refractivity contribution >= 4 is 23.4 Å².